The lowest BCUT2D eigenvalue weighted by atomic mass is 10.1. The predicted octanol–water partition coefficient (Wildman–Crippen LogP) is 4.92. The Morgan fingerprint density at radius 2 is 1.75 bits per heavy atom. The average Bonchev–Trinajstić information content (AvgIpc) is 2.82. The fraction of sp³-hybridized carbons (Fsp3) is 0.481. The van der Waals surface area contributed by atoms with Crippen LogP contribution in [-0.4, -0.2) is 50.5 Å². The number of rotatable bonds is 14. The summed E-state index contributed by atoms with van der Waals surface area (Å²) in [6.45, 7) is 6.84. The van der Waals surface area contributed by atoms with Crippen LogP contribution in [0.1, 0.15) is 57.1 Å². The van der Waals surface area contributed by atoms with Crippen molar-refractivity contribution in [2.75, 3.05) is 23.7 Å². The number of aryl methyl sites for hydroxylation is 1. The van der Waals surface area contributed by atoms with Crippen molar-refractivity contribution in [1.29, 1.82) is 0 Å². The lowest BCUT2D eigenvalue weighted by molar-refractivity contribution is -0.141. The summed E-state index contributed by atoms with van der Waals surface area (Å²) in [5, 5.41) is 3.54. The van der Waals surface area contributed by atoms with Crippen LogP contribution in [0.2, 0.25) is 5.02 Å². The number of anilines is 1. The van der Waals surface area contributed by atoms with Crippen molar-refractivity contribution in [3.05, 3.63) is 64.7 Å². The zero-order chi connectivity index (χ0) is 26.7. The molecule has 0 aromatic heterocycles. The molecule has 2 aromatic carbocycles. The maximum Gasteiger partial charge on any atom is 0.242 e. The van der Waals surface area contributed by atoms with E-state index in [0.717, 1.165) is 30.2 Å². The molecule has 0 spiro atoms. The minimum Gasteiger partial charge on any atom is -0.354 e. The normalized spacial score (nSPS) is 12.1. The molecule has 7 nitrogen and oxygen atoms in total. The summed E-state index contributed by atoms with van der Waals surface area (Å²) in [7, 11) is -3.52. The molecular weight excluding hydrogens is 498 g/mol. The first-order valence-corrected chi connectivity index (χ1v) is 14.7. The van der Waals surface area contributed by atoms with Crippen molar-refractivity contribution in [3.63, 3.8) is 0 Å². The summed E-state index contributed by atoms with van der Waals surface area (Å²) in [6, 6.07) is 13.8. The number of nitrogens with zero attached hydrogens (tertiary/aromatic N) is 2. The van der Waals surface area contributed by atoms with Gasteiger partial charge in [0, 0.05) is 31.1 Å². The molecule has 198 valence electrons. The highest BCUT2D eigenvalue weighted by molar-refractivity contribution is 7.92. The van der Waals surface area contributed by atoms with Gasteiger partial charge in [0.2, 0.25) is 21.8 Å². The Balaban J connectivity index is 2.19. The summed E-state index contributed by atoms with van der Waals surface area (Å²) < 4.78 is 26.2. The zero-order valence-corrected chi connectivity index (χ0v) is 23.2. The number of carbonyl (C=O) groups is 2. The number of amides is 2. The van der Waals surface area contributed by atoms with Gasteiger partial charge in [0.25, 0.3) is 0 Å². The lowest BCUT2D eigenvalue weighted by Crippen LogP contribution is -2.49. The second-order valence-corrected chi connectivity index (χ2v) is 11.3. The molecule has 0 saturated carbocycles. The van der Waals surface area contributed by atoms with E-state index >= 15 is 0 Å². The first-order chi connectivity index (χ1) is 17.1. The molecule has 0 unspecified atom stereocenters. The molecule has 1 N–H and O–H groups in total. The Hall–Kier alpha value is -2.58. The fourth-order valence-electron chi connectivity index (χ4n) is 4.00. The minimum atomic E-state index is -3.52. The number of hydrogen-bond donors (Lipinski definition) is 1. The number of benzene rings is 2. The number of hydrogen-bond acceptors (Lipinski definition) is 4. The summed E-state index contributed by atoms with van der Waals surface area (Å²) in [5.74, 6) is -0.370. The highest BCUT2D eigenvalue weighted by Crippen LogP contribution is 2.21. The van der Waals surface area contributed by atoms with Crippen LogP contribution in [0, 0.1) is 6.92 Å². The Morgan fingerprint density at radius 3 is 2.33 bits per heavy atom. The standard InChI is InChI=1S/C27H38ClN3O4S/c1-5-7-17-29-27(33)25(6-2)30(20-22-13-15-23(28)16-14-22)26(32)12-9-18-31(36(4,34)35)24-11-8-10-21(3)19-24/h8,10-11,13-16,19,25H,5-7,9,12,17-18,20H2,1-4H3,(H,29,33)/t25-/m0/s1. The van der Waals surface area contributed by atoms with Crippen molar-refractivity contribution >= 4 is 39.1 Å². The van der Waals surface area contributed by atoms with Crippen LogP contribution >= 0.6 is 11.6 Å². The zero-order valence-electron chi connectivity index (χ0n) is 21.7. The molecular formula is C27H38ClN3O4S. The largest absolute Gasteiger partial charge is 0.354 e. The van der Waals surface area contributed by atoms with Crippen LogP contribution in [-0.2, 0) is 26.2 Å². The van der Waals surface area contributed by atoms with Crippen LogP contribution < -0.4 is 9.62 Å². The monoisotopic (exact) mass is 535 g/mol. The molecule has 36 heavy (non-hydrogen) atoms. The summed E-state index contributed by atoms with van der Waals surface area (Å²) in [6.07, 6.45) is 3.90. The first kappa shape index (κ1) is 29.6. The van der Waals surface area contributed by atoms with E-state index in [1.807, 2.05) is 44.2 Å². The van der Waals surface area contributed by atoms with Crippen molar-refractivity contribution in [2.45, 2.75) is 65.5 Å². The Labute approximate surface area is 220 Å². The molecule has 9 heteroatoms. The van der Waals surface area contributed by atoms with Crippen molar-refractivity contribution in [2.24, 2.45) is 0 Å². The molecule has 0 bridgehead atoms. The molecule has 0 aliphatic rings. The number of unbranched alkanes of at least 4 members (excludes halogenated alkanes) is 1. The van der Waals surface area contributed by atoms with E-state index in [1.54, 1.807) is 23.1 Å². The number of sulfonamides is 1. The van der Waals surface area contributed by atoms with E-state index in [0.29, 0.717) is 30.1 Å². The maximum atomic E-state index is 13.4. The molecule has 0 aliphatic carbocycles. The lowest BCUT2D eigenvalue weighted by Gasteiger charge is -2.31. The van der Waals surface area contributed by atoms with Gasteiger partial charge in [-0.25, -0.2) is 8.42 Å². The molecule has 1 atom stereocenters. The Bertz CT molecular complexity index is 1110. The number of carbonyl (C=O) groups excluding carboxylic acids is 2. The molecule has 2 amide bonds. The Morgan fingerprint density at radius 1 is 1.06 bits per heavy atom. The molecule has 0 fully saturated rings. The number of halogens is 1. The third-order valence-electron chi connectivity index (χ3n) is 5.92. The highest BCUT2D eigenvalue weighted by Gasteiger charge is 2.28. The second kappa shape index (κ2) is 14.2. The maximum absolute atomic E-state index is 13.4. The molecule has 0 aliphatic heterocycles. The van der Waals surface area contributed by atoms with E-state index in [-0.39, 0.29) is 31.3 Å². The van der Waals surface area contributed by atoms with Crippen LogP contribution in [0.4, 0.5) is 5.69 Å². The molecule has 0 heterocycles. The predicted molar refractivity (Wildman–Crippen MR) is 147 cm³/mol. The van der Waals surface area contributed by atoms with Crippen LogP contribution in [0.3, 0.4) is 0 Å². The van der Waals surface area contributed by atoms with Gasteiger partial charge in [-0.3, -0.25) is 13.9 Å². The van der Waals surface area contributed by atoms with E-state index in [1.165, 1.54) is 4.31 Å². The van der Waals surface area contributed by atoms with Gasteiger partial charge >= 0.3 is 0 Å². The second-order valence-electron chi connectivity index (χ2n) is 8.99. The van der Waals surface area contributed by atoms with Gasteiger partial charge in [-0.2, -0.15) is 0 Å². The topological polar surface area (TPSA) is 86.8 Å². The Kier molecular flexibility index (Phi) is 11.7. The SMILES string of the molecule is CCCCNC(=O)[C@H](CC)N(Cc1ccc(Cl)cc1)C(=O)CCCN(c1cccc(C)c1)S(C)(=O)=O. The van der Waals surface area contributed by atoms with Crippen molar-refractivity contribution < 1.29 is 18.0 Å². The molecule has 2 aromatic rings. The summed E-state index contributed by atoms with van der Waals surface area (Å²) in [4.78, 5) is 28.0. The van der Waals surface area contributed by atoms with Gasteiger partial charge in [0.15, 0.2) is 0 Å². The van der Waals surface area contributed by atoms with Gasteiger partial charge in [0.1, 0.15) is 6.04 Å². The third kappa shape index (κ3) is 9.13. The molecule has 2 rings (SSSR count). The van der Waals surface area contributed by atoms with Crippen molar-refractivity contribution in [3.8, 4) is 0 Å². The summed E-state index contributed by atoms with van der Waals surface area (Å²) in [5.41, 5.74) is 2.39. The van der Waals surface area contributed by atoms with Gasteiger partial charge in [-0.1, -0.05) is 56.1 Å². The highest BCUT2D eigenvalue weighted by atomic mass is 35.5. The first-order valence-electron chi connectivity index (χ1n) is 12.4. The quantitative estimate of drug-likeness (QED) is 0.348. The van der Waals surface area contributed by atoms with E-state index in [2.05, 4.69) is 12.2 Å². The smallest absolute Gasteiger partial charge is 0.242 e. The molecule has 0 radical (unpaired) electrons. The van der Waals surface area contributed by atoms with E-state index < -0.39 is 16.1 Å². The van der Waals surface area contributed by atoms with Gasteiger partial charge in [-0.15, -0.1) is 0 Å². The van der Waals surface area contributed by atoms with E-state index in [9.17, 15) is 18.0 Å². The fourth-order valence-corrected chi connectivity index (χ4v) is 5.08. The number of nitrogens with one attached hydrogen (secondary N) is 1. The van der Waals surface area contributed by atoms with Crippen molar-refractivity contribution in [1.82, 2.24) is 10.2 Å². The van der Waals surface area contributed by atoms with E-state index in [4.69, 9.17) is 11.6 Å². The van der Waals surface area contributed by atoms with Crippen LogP contribution in [0.15, 0.2) is 48.5 Å². The average molecular weight is 536 g/mol. The van der Waals surface area contributed by atoms with Gasteiger partial charge < -0.3 is 10.2 Å². The minimum absolute atomic E-state index is 0.115. The molecule has 0 saturated heterocycles. The third-order valence-corrected chi connectivity index (χ3v) is 7.37. The van der Waals surface area contributed by atoms with Gasteiger partial charge in [0.05, 0.1) is 11.9 Å². The summed E-state index contributed by atoms with van der Waals surface area (Å²) >= 11 is 6.02. The van der Waals surface area contributed by atoms with Gasteiger partial charge in [-0.05, 0) is 61.6 Å². The van der Waals surface area contributed by atoms with Crippen LogP contribution in [0.25, 0.3) is 0 Å². The van der Waals surface area contributed by atoms with Crippen LogP contribution in [0.5, 0.6) is 0 Å².